The number of hydrogen-bond acceptors (Lipinski definition) is 19. The number of ether oxygens (including phenoxy) is 5. The number of amides is 1. The number of carbonyl (C=O) groups excluding carboxylic acids is 6. The van der Waals surface area contributed by atoms with Gasteiger partial charge in [0.25, 0.3) is 0 Å². The van der Waals surface area contributed by atoms with Gasteiger partial charge in [-0.3, -0.25) is 4.79 Å². The van der Waals surface area contributed by atoms with E-state index in [1.807, 2.05) is 20.6 Å². The SMILES string of the molecule is C=C(C)C(=O)NCC[N+](C)(C)CCCS(=O)(=O)[O-].C=C(C)C(=O)O.C=C(C)C(=O)OCC1CO1.C=C(C)C(=O)OCCC[Si](C)(OC)OC.C=C(C)C(=O)OCCN=C=O.C=C(C)C(=O)OCCO. The van der Waals surface area contributed by atoms with Crippen LogP contribution in [0, 0.1) is 0 Å². The molecule has 1 aliphatic rings. The number of carboxylic acid groups (broad SMARTS) is 1. The summed E-state index contributed by atoms with van der Waals surface area (Å²) in [5.41, 5.74) is 2.17. The molecule has 1 atom stereocenters. The number of aliphatic imine (C=N–C) groups is 1. The highest BCUT2D eigenvalue weighted by Gasteiger charge is 2.28. The maximum absolute atomic E-state index is 11.2. The molecule has 1 fully saturated rings. The Kier molecular flexibility index (Phi) is 43.7. The third-order valence-electron chi connectivity index (χ3n) is 7.81. The predicted octanol–water partition coefficient (Wildman–Crippen LogP) is 3.24. The Morgan fingerprint density at radius 1 is 0.754 bits per heavy atom. The Morgan fingerprint density at radius 3 is 1.52 bits per heavy atom. The molecule has 1 amide bonds. The highest BCUT2D eigenvalue weighted by Crippen LogP contribution is 2.14. The lowest BCUT2D eigenvalue weighted by molar-refractivity contribution is -0.889. The van der Waals surface area contributed by atoms with E-state index in [4.69, 9.17) is 33.3 Å². The molecule has 69 heavy (non-hydrogen) atoms. The van der Waals surface area contributed by atoms with Gasteiger partial charge in [-0.1, -0.05) is 39.5 Å². The van der Waals surface area contributed by atoms with Gasteiger partial charge in [0.15, 0.2) is 0 Å². The van der Waals surface area contributed by atoms with Crippen molar-refractivity contribution in [1.29, 1.82) is 0 Å². The lowest BCUT2D eigenvalue weighted by Gasteiger charge is -2.30. The van der Waals surface area contributed by atoms with Crippen LogP contribution in [0.2, 0.25) is 12.6 Å². The van der Waals surface area contributed by atoms with Crippen LogP contribution in [0.25, 0.3) is 0 Å². The quantitative estimate of drug-likeness (QED) is 0.0107. The molecule has 1 saturated heterocycles. The molecule has 0 saturated carbocycles. The van der Waals surface area contributed by atoms with Crippen LogP contribution in [0.3, 0.4) is 0 Å². The number of carboxylic acids is 1. The number of aliphatic hydroxyl groups excluding tert-OH is 1. The molecule has 3 N–H and O–H groups in total. The van der Waals surface area contributed by atoms with Gasteiger partial charge in [0.05, 0.1) is 70.2 Å². The van der Waals surface area contributed by atoms with E-state index >= 15 is 0 Å². The molecular weight excluding hydrogens is 947 g/mol. The molecule has 1 aliphatic heterocycles. The number of rotatable bonds is 26. The first-order valence-electron chi connectivity index (χ1n) is 20.9. The van der Waals surface area contributed by atoms with Crippen molar-refractivity contribution in [3.05, 3.63) is 72.9 Å². The topological polar surface area (TPSA) is 309 Å². The van der Waals surface area contributed by atoms with Gasteiger partial charge in [-0.2, -0.15) is 0 Å². The van der Waals surface area contributed by atoms with Gasteiger partial charge >= 0.3 is 38.4 Å². The average molecular weight is 1020 g/mol. The van der Waals surface area contributed by atoms with Gasteiger partial charge in [-0.15, -0.1) is 0 Å². The fraction of sp³-hybridized carbons (Fsp3) is 0.578. The largest absolute Gasteiger partial charge is 0.748 e. The maximum atomic E-state index is 11.2. The van der Waals surface area contributed by atoms with E-state index in [0.717, 1.165) is 12.5 Å². The third-order valence-corrected chi connectivity index (χ3v) is 11.6. The number of isocyanates is 1. The van der Waals surface area contributed by atoms with E-state index in [9.17, 15) is 46.5 Å². The summed E-state index contributed by atoms with van der Waals surface area (Å²) in [6, 6.07) is 0.809. The summed E-state index contributed by atoms with van der Waals surface area (Å²) in [5.74, 6) is -3.06. The first-order valence-corrected chi connectivity index (χ1v) is 25.0. The Balaban J connectivity index is -0.000000245. The maximum Gasteiger partial charge on any atom is 0.334 e. The molecule has 0 aromatic rings. The molecule has 1 heterocycles. The second-order valence-electron chi connectivity index (χ2n) is 15.5. The smallest absolute Gasteiger partial charge is 0.334 e. The second kappa shape index (κ2) is 41.5. The molecule has 0 aromatic carbocycles. The van der Waals surface area contributed by atoms with E-state index < -0.39 is 36.6 Å². The number of nitrogens with one attached hydrogen (secondary N) is 1. The van der Waals surface area contributed by atoms with Crippen LogP contribution in [0.5, 0.6) is 0 Å². The highest BCUT2D eigenvalue weighted by molar-refractivity contribution is 7.85. The average Bonchev–Trinajstić information content (AvgIpc) is 4.09. The van der Waals surface area contributed by atoms with Crippen LogP contribution < -0.4 is 5.32 Å². The van der Waals surface area contributed by atoms with Crippen LogP contribution in [0.1, 0.15) is 54.4 Å². The van der Waals surface area contributed by atoms with Crippen LogP contribution in [0.15, 0.2) is 77.9 Å². The highest BCUT2D eigenvalue weighted by atomic mass is 32.2. The van der Waals surface area contributed by atoms with Gasteiger partial charge in [0, 0.05) is 59.8 Å². The van der Waals surface area contributed by atoms with Gasteiger partial charge in [-0.25, -0.2) is 42.2 Å². The van der Waals surface area contributed by atoms with Crippen molar-refractivity contribution in [2.24, 2.45) is 4.99 Å². The number of epoxide rings is 1. The van der Waals surface area contributed by atoms with Crippen LogP contribution in [-0.4, -0.2) is 184 Å². The molecule has 0 bridgehead atoms. The number of esters is 4. The van der Waals surface area contributed by atoms with Crippen molar-refractivity contribution < 1.29 is 93.8 Å². The molecule has 1 unspecified atom stereocenters. The Labute approximate surface area is 409 Å². The number of nitrogens with zero attached hydrogens (tertiary/aromatic N) is 2. The minimum absolute atomic E-state index is 0.0473. The Hall–Kier alpha value is -5.43. The standard InChI is InChI=1S/C11H22N2O4S.C10H20O4Si.C7H9NO3.C7H10O3.C6H10O3.C4H6O2/c1-10(2)11(14)12-6-8-13(3,4)7-5-9-18(15,16)17;1-9(2)10(11)14-7-6-8-15(5,12-3)13-4;1-6(2)7(10)11-4-3-8-5-9;1-5(2)7(8)10-4-6-3-9-6;1-5(2)6(8)9-4-3-7;1-3(2)4(5)6/h1,5-9H2,2-4H3,(H-,12,14,15,16,17);1,6-8H2,2-5H3;1,3-4H2,2H3;6H,1,3-4H2,2H3;7H,1,3-4H2,2H3;1H2,2H3,(H,5,6). The zero-order valence-corrected chi connectivity index (χ0v) is 44.2. The molecule has 24 heteroatoms. The van der Waals surface area contributed by atoms with Crippen LogP contribution in [-0.2, 0) is 76.2 Å². The molecular formula is C45H77N3O19SSi. The molecule has 0 aromatic heterocycles. The summed E-state index contributed by atoms with van der Waals surface area (Å²) >= 11 is 0. The number of carbonyl (C=O) groups is 6. The van der Waals surface area contributed by atoms with Crippen molar-refractivity contribution in [2.45, 2.75) is 73.1 Å². The lowest BCUT2D eigenvalue weighted by atomic mass is 10.3. The number of aliphatic hydroxyl groups is 1. The number of aliphatic carboxylic acids is 1. The normalized spacial score (nSPS) is 11.9. The summed E-state index contributed by atoms with van der Waals surface area (Å²) in [7, 11) is 0.995. The van der Waals surface area contributed by atoms with Crippen molar-refractivity contribution >= 4 is 60.5 Å². The molecule has 0 radical (unpaired) electrons. The fourth-order valence-electron chi connectivity index (χ4n) is 3.44. The summed E-state index contributed by atoms with van der Waals surface area (Å²) in [6.07, 6.45) is 2.55. The first kappa shape index (κ1) is 72.5. The van der Waals surface area contributed by atoms with Gasteiger partial charge in [0.1, 0.15) is 25.9 Å². The van der Waals surface area contributed by atoms with E-state index in [2.05, 4.69) is 59.3 Å². The molecule has 396 valence electrons. The number of hydrogen-bond donors (Lipinski definition) is 3. The zero-order chi connectivity index (χ0) is 55.0. The van der Waals surface area contributed by atoms with Crippen LogP contribution >= 0.6 is 0 Å². The van der Waals surface area contributed by atoms with Gasteiger partial charge < -0.3 is 57.1 Å². The summed E-state index contributed by atoms with van der Waals surface area (Å²) in [6.45, 7) is 35.1. The minimum atomic E-state index is -4.13. The van der Waals surface area contributed by atoms with E-state index in [-0.39, 0.29) is 61.6 Å². The number of likely N-dealkylation sites (N-methyl/N-ethyl adjacent to an activating group) is 1. The van der Waals surface area contributed by atoms with Crippen LogP contribution in [0.4, 0.5) is 0 Å². The van der Waals surface area contributed by atoms with E-state index in [1.165, 1.54) is 13.0 Å². The third kappa shape index (κ3) is 53.4. The van der Waals surface area contributed by atoms with E-state index in [1.54, 1.807) is 48.8 Å². The molecule has 1 rings (SSSR count). The van der Waals surface area contributed by atoms with Crippen molar-refractivity contribution in [3.63, 3.8) is 0 Å². The first-order chi connectivity index (χ1) is 31.7. The van der Waals surface area contributed by atoms with E-state index in [0.29, 0.717) is 78.2 Å². The minimum Gasteiger partial charge on any atom is -0.748 e. The van der Waals surface area contributed by atoms with Gasteiger partial charge in [0.2, 0.25) is 12.0 Å². The molecule has 0 aliphatic carbocycles. The molecule has 0 spiro atoms. The van der Waals surface area contributed by atoms with Gasteiger partial charge in [-0.05, 0) is 60.6 Å². The fourth-order valence-corrected chi connectivity index (χ4v) is 5.29. The summed E-state index contributed by atoms with van der Waals surface area (Å²) in [5, 5.41) is 18.8. The Bertz CT molecular complexity index is 1840. The van der Waals surface area contributed by atoms with Crippen molar-refractivity contribution in [2.75, 3.05) is 99.9 Å². The predicted molar refractivity (Wildman–Crippen MR) is 259 cm³/mol. The monoisotopic (exact) mass is 1020 g/mol. The second-order valence-corrected chi connectivity index (χ2v) is 20.7. The Morgan fingerprint density at radius 2 is 1.17 bits per heavy atom. The summed E-state index contributed by atoms with van der Waals surface area (Å²) < 4.78 is 66.2. The van der Waals surface area contributed by atoms with Crippen molar-refractivity contribution in [1.82, 2.24) is 5.32 Å². The summed E-state index contributed by atoms with van der Waals surface area (Å²) in [4.78, 5) is 76.4. The number of quaternary nitrogens is 1. The molecule has 22 nitrogen and oxygen atoms in total. The lowest BCUT2D eigenvalue weighted by Crippen LogP contribution is -2.46. The zero-order valence-electron chi connectivity index (χ0n) is 42.4. The van der Waals surface area contributed by atoms with Crippen molar-refractivity contribution in [3.8, 4) is 0 Å².